The SMILES string of the molecule is CC(CNc1c(C#N)cccc1C#N)N1CCN(c2ccccc2)CC1. The molecule has 2 aromatic rings. The molecule has 2 aromatic carbocycles. The van der Waals surface area contributed by atoms with Crippen LogP contribution in [0.15, 0.2) is 48.5 Å². The minimum Gasteiger partial charge on any atom is -0.381 e. The molecule has 0 radical (unpaired) electrons. The van der Waals surface area contributed by atoms with Gasteiger partial charge in [0.1, 0.15) is 12.1 Å². The van der Waals surface area contributed by atoms with Gasteiger partial charge in [-0.2, -0.15) is 10.5 Å². The third-order valence-electron chi connectivity index (χ3n) is 4.94. The summed E-state index contributed by atoms with van der Waals surface area (Å²) < 4.78 is 0. The van der Waals surface area contributed by atoms with Gasteiger partial charge in [0.15, 0.2) is 0 Å². The Hall–Kier alpha value is -3.02. The van der Waals surface area contributed by atoms with E-state index < -0.39 is 0 Å². The second-order valence-corrected chi connectivity index (χ2v) is 6.54. The molecule has 0 bridgehead atoms. The molecule has 132 valence electrons. The van der Waals surface area contributed by atoms with Crippen molar-refractivity contribution in [2.45, 2.75) is 13.0 Å². The smallest absolute Gasteiger partial charge is 0.101 e. The van der Waals surface area contributed by atoms with Crippen LogP contribution < -0.4 is 10.2 Å². The number of para-hydroxylation sites is 2. The van der Waals surface area contributed by atoms with Crippen molar-refractivity contribution in [2.75, 3.05) is 42.9 Å². The lowest BCUT2D eigenvalue weighted by molar-refractivity contribution is 0.204. The standard InChI is InChI=1S/C21H23N5/c1-17(16-24-21-18(14-22)6-5-7-19(21)15-23)25-10-12-26(13-11-25)20-8-3-2-4-9-20/h2-9,17,24H,10-13,16H2,1H3. The van der Waals surface area contributed by atoms with Crippen LogP contribution in [0.1, 0.15) is 18.1 Å². The second-order valence-electron chi connectivity index (χ2n) is 6.54. The van der Waals surface area contributed by atoms with Gasteiger partial charge in [-0.25, -0.2) is 0 Å². The van der Waals surface area contributed by atoms with Crippen LogP contribution in [0.4, 0.5) is 11.4 Å². The number of nitrogens with zero attached hydrogens (tertiary/aromatic N) is 4. The van der Waals surface area contributed by atoms with E-state index in [0.717, 1.165) is 26.2 Å². The molecule has 1 fully saturated rings. The highest BCUT2D eigenvalue weighted by Gasteiger charge is 2.21. The Balaban J connectivity index is 1.57. The Morgan fingerprint density at radius 3 is 2.12 bits per heavy atom. The molecule has 1 aliphatic rings. The number of rotatable bonds is 5. The van der Waals surface area contributed by atoms with E-state index >= 15 is 0 Å². The number of piperazine rings is 1. The first-order valence-corrected chi connectivity index (χ1v) is 8.94. The Bertz CT molecular complexity index is 778. The molecule has 1 saturated heterocycles. The van der Waals surface area contributed by atoms with Crippen molar-refractivity contribution >= 4 is 11.4 Å². The molecule has 0 aliphatic carbocycles. The average molecular weight is 345 g/mol. The zero-order valence-electron chi connectivity index (χ0n) is 15.0. The molecule has 5 nitrogen and oxygen atoms in total. The predicted molar refractivity (Wildman–Crippen MR) is 104 cm³/mol. The number of anilines is 2. The molecular formula is C21H23N5. The lowest BCUT2D eigenvalue weighted by Gasteiger charge is -2.39. The first-order valence-electron chi connectivity index (χ1n) is 8.94. The van der Waals surface area contributed by atoms with E-state index in [1.54, 1.807) is 18.2 Å². The molecule has 0 aromatic heterocycles. The van der Waals surface area contributed by atoms with Crippen LogP contribution in [-0.4, -0.2) is 43.7 Å². The van der Waals surface area contributed by atoms with E-state index in [1.807, 2.05) is 6.07 Å². The molecule has 1 aliphatic heterocycles. The van der Waals surface area contributed by atoms with E-state index in [1.165, 1.54) is 5.69 Å². The van der Waals surface area contributed by atoms with Crippen LogP contribution >= 0.6 is 0 Å². The molecule has 0 saturated carbocycles. The Morgan fingerprint density at radius 1 is 0.923 bits per heavy atom. The van der Waals surface area contributed by atoms with Crippen molar-refractivity contribution in [3.8, 4) is 12.1 Å². The van der Waals surface area contributed by atoms with Crippen molar-refractivity contribution in [2.24, 2.45) is 0 Å². The van der Waals surface area contributed by atoms with Gasteiger partial charge < -0.3 is 10.2 Å². The maximum Gasteiger partial charge on any atom is 0.101 e. The van der Waals surface area contributed by atoms with Crippen molar-refractivity contribution in [3.05, 3.63) is 59.7 Å². The molecule has 26 heavy (non-hydrogen) atoms. The van der Waals surface area contributed by atoms with E-state index in [-0.39, 0.29) is 0 Å². The third kappa shape index (κ3) is 3.96. The first kappa shape index (κ1) is 17.8. The van der Waals surface area contributed by atoms with Crippen molar-refractivity contribution < 1.29 is 0 Å². The molecule has 1 heterocycles. The quantitative estimate of drug-likeness (QED) is 0.902. The summed E-state index contributed by atoms with van der Waals surface area (Å²) >= 11 is 0. The summed E-state index contributed by atoms with van der Waals surface area (Å²) in [5.74, 6) is 0. The topological polar surface area (TPSA) is 66.1 Å². The van der Waals surface area contributed by atoms with Crippen LogP contribution in [0, 0.1) is 22.7 Å². The maximum absolute atomic E-state index is 9.27. The number of nitriles is 2. The predicted octanol–water partition coefficient (Wildman–Crippen LogP) is 3.05. The maximum atomic E-state index is 9.27. The first-order chi connectivity index (χ1) is 12.7. The highest BCUT2D eigenvalue weighted by molar-refractivity contribution is 5.66. The average Bonchev–Trinajstić information content (AvgIpc) is 2.72. The van der Waals surface area contributed by atoms with Gasteiger partial charge in [0, 0.05) is 44.5 Å². The molecule has 1 N–H and O–H groups in total. The van der Waals surface area contributed by atoms with Crippen molar-refractivity contribution in [1.82, 2.24) is 4.90 Å². The molecule has 5 heteroatoms. The number of benzene rings is 2. The van der Waals surface area contributed by atoms with Gasteiger partial charge in [0.05, 0.1) is 16.8 Å². The monoisotopic (exact) mass is 345 g/mol. The largest absolute Gasteiger partial charge is 0.381 e. The van der Waals surface area contributed by atoms with Gasteiger partial charge in [0.2, 0.25) is 0 Å². The zero-order valence-corrected chi connectivity index (χ0v) is 15.0. The summed E-state index contributed by atoms with van der Waals surface area (Å²) in [7, 11) is 0. The summed E-state index contributed by atoms with van der Waals surface area (Å²) in [6, 6.07) is 20.4. The normalized spacial score (nSPS) is 15.7. The summed E-state index contributed by atoms with van der Waals surface area (Å²) in [5, 5.41) is 21.9. The highest BCUT2D eigenvalue weighted by Crippen LogP contribution is 2.21. The van der Waals surface area contributed by atoms with E-state index in [9.17, 15) is 10.5 Å². The molecule has 1 unspecified atom stereocenters. The summed E-state index contributed by atoms with van der Waals surface area (Å²) in [6.45, 7) is 6.91. The summed E-state index contributed by atoms with van der Waals surface area (Å²) in [4.78, 5) is 4.86. The number of hydrogen-bond acceptors (Lipinski definition) is 5. The lowest BCUT2D eigenvalue weighted by Crippen LogP contribution is -2.51. The zero-order chi connectivity index (χ0) is 18.4. The molecule has 3 rings (SSSR count). The molecule has 1 atom stereocenters. The van der Waals surface area contributed by atoms with Crippen molar-refractivity contribution in [1.29, 1.82) is 10.5 Å². The third-order valence-corrected chi connectivity index (χ3v) is 4.94. The number of hydrogen-bond donors (Lipinski definition) is 1. The van der Waals surface area contributed by atoms with E-state index in [0.29, 0.717) is 29.4 Å². The minimum atomic E-state index is 0.325. The minimum absolute atomic E-state index is 0.325. The fraction of sp³-hybridized carbons (Fsp3) is 0.333. The number of nitrogens with one attached hydrogen (secondary N) is 1. The fourth-order valence-corrected chi connectivity index (χ4v) is 3.37. The van der Waals surface area contributed by atoms with Gasteiger partial charge >= 0.3 is 0 Å². The fourth-order valence-electron chi connectivity index (χ4n) is 3.37. The van der Waals surface area contributed by atoms with Gasteiger partial charge in [-0.05, 0) is 31.2 Å². The van der Waals surface area contributed by atoms with Crippen LogP contribution in [0.25, 0.3) is 0 Å². The molecule has 0 amide bonds. The van der Waals surface area contributed by atoms with Gasteiger partial charge in [0.25, 0.3) is 0 Å². The van der Waals surface area contributed by atoms with Crippen LogP contribution in [0.2, 0.25) is 0 Å². The van der Waals surface area contributed by atoms with Crippen LogP contribution in [-0.2, 0) is 0 Å². The second kappa shape index (κ2) is 8.38. The summed E-state index contributed by atoms with van der Waals surface area (Å²) in [5.41, 5.74) is 2.96. The lowest BCUT2D eigenvalue weighted by atomic mass is 10.1. The Labute approximate surface area is 155 Å². The highest BCUT2D eigenvalue weighted by atomic mass is 15.3. The summed E-state index contributed by atoms with van der Waals surface area (Å²) in [6.07, 6.45) is 0. The van der Waals surface area contributed by atoms with E-state index in [2.05, 4.69) is 58.4 Å². The molecule has 0 spiro atoms. The van der Waals surface area contributed by atoms with Crippen molar-refractivity contribution in [3.63, 3.8) is 0 Å². The molecular weight excluding hydrogens is 322 g/mol. The van der Waals surface area contributed by atoms with Crippen LogP contribution in [0.3, 0.4) is 0 Å². The van der Waals surface area contributed by atoms with Gasteiger partial charge in [-0.3, -0.25) is 4.90 Å². The Kier molecular flexibility index (Phi) is 5.73. The van der Waals surface area contributed by atoms with Gasteiger partial charge in [-0.15, -0.1) is 0 Å². The van der Waals surface area contributed by atoms with E-state index in [4.69, 9.17) is 0 Å². The van der Waals surface area contributed by atoms with Gasteiger partial charge in [-0.1, -0.05) is 24.3 Å². The van der Waals surface area contributed by atoms with Crippen LogP contribution in [0.5, 0.6) is 0 Å². The Morgan fingerprint density at radius 2 is 1.54 bits per heavy atom.